The summed E-state index contributed by atoms with van der Waals surface area (Å²) in [4.78, 5) is 4.39. The van der Waals surface area contributed by atoms with Crippen LogP contribution in [0.5, 0.6) is 5.75 Å². The van der Waals surface area contributed by atoms with E-state index < -0.39 is 0 Å². The fourth-order valence-corrected chi connectivity index (χ4v) is 2.64. The number of benzene rings is 1. The zero-order valence-corrected chi connectivity index (χ0v) is 15.5. The van der Waals surface area contributed by atoms with Crippen LogP contribution in [0.3, 0.4) is 0 Å². The quantitative estimate of drug-likeness (QED) is 0.607. The van der Waals surface area contributed by atoms with E-state index in [1.165, 1.54) is 11.8 Å². The number of hydrogen-bond donors (Lipinski definition) is 0. The molecule has 0 saturated heterocycles. The van der Waals surface area contributed by atoms with Crippen LogP contribution in [0.1, 0.15) is 39.4 Å². The summed E-state index contributed by atoms with van der Waals surface area (Å²) in [6.45, 7) is 8.61. The molecule has 0 atom stereocenters. The highest BCUT2D eigenvalue weighted by molar-refractivity contribution is 7.98. The first-order valence-electron chi connectivity index (χ1n) is 7.99. The molecule has 3 rings (SSSR count). The zero-order chi connectivity index (χ0) is 17.9. The third kappa shape index (κ3) is 4.19. The van der Waals surface area contributed by atoms with Crippen molar-refractivity contribution in [2.24, 2.45) is 0 Å². The SMILES string of the molecule is CCOc1ccccc1-c1nnc(SCc2nc(C(C)(C)C)no2)o1. The lowest BCUT2D eigenvalue weighted by molar-refractivity contribution is 0.340. The molecule has 8 heteroatoms. The van der Waals surface area contributed by atoms with Crippen LogP contribution < -0.4 is 4.74 Å². The van der Waals surface area contributed by atoms with Gasteiger partial charge >= 0.3 is 0 Å². The Balaban J connectivity index is 1.69. The topological polar surface area (TPSA) is 87.1 Å². The van der Waals surface area contributed by atoms with E-state index in [2.05, 4.69) is 20.3 Å². The van der Waals surface area contributed by atoms with Gasteiger partial charge in [0, 0.05) is 5.41 Å². The maximum Gasteiger partial charge on any atom is 0.277 e. The minimum absolute atomic E-state index is 0.146. The van der Waals surface area contributed by atoms with E-state index in [1.54, 1.807) is 0 Å². The number of nitrogens with zero attached hydrogens (tertiary/aromatic N) is 4. The Bertz CT molecular complexity index is 838. The maximum atomic E-state index is 5.72. The number of ether oxygens (including phenoxy) is 1. The van der Waals surface area contributed by atoms with Crippen LogP contribution in [-0.4, -0.2) is 26.9 Å². The Labute approximate surface area is 150 Å². The van der Waals surface area contributed by atoms with Gasteiger partial charge in [-0.1, -0.05) is 49.8 Å². The number of hydrogen-bond acceptors (Lipinski definition) is 8. The van der Waals surface area contributed by atoms with Crippen molar-refractivity contribution in [2.45, 2.75) is 44.1 Å². The van der Waals surface area contributed by atoms with Crippen molar-refractivity contribution in [3.8, 4) is 17.2 Å². The summed E-state index contributed by atoms with van der Waals surface area (Å²) in [6, 6.07) is 7.58. The van der Waals surface area contributed by atoms with Crippen molar-refractivity contribution in [2.75, 3.05) is 6.61 Å². The summed E-state index contributed by atoms with van der Waals surface area (Å²) in [5, 5.41) is 12.6. The molecule has 0 amide bonds. The summed E-state index contributed by atoms with van der Waals surface area (Å²) in [5.41, 5.74) is 0.629. The first kappa shape index (κ1) is 17.5. The van der Waals surface area contributed by atoms with Crippen molar-refractivity contribution < 1.29 is 13.7 Å². The Morgan fingerprint density at radius 2 is 1.96 bits per heavy atom. The minimum atomic E-state index is -0.146. The van der Waals surface area contributed by atoms with E-state index in [0.717, 1.165) is 11.3 Å². The summed E-state index contributed by atoms with van der Waals surface area (Å²) in [6.07, 6.45) is 0. The van der Waals surface area contributed by atoms with Gasteiger partial charge in [-0.3, -0.25) is 0 Å². The van der Waals surface area contributed by atoms with Crippen molar-refractivity contribution in [1.82, 2.24) is 20.3 Å². The van der Waals surface area contributed by atoms with Crippen LogP contribution in [0.25, 0.3) is 11.5 Å². The summed E-state index contributed by atoms with van der Waals surface area (Å²) >= 11 is 1.35. The molecule has 0 unspecified atom stereocenters. The number of rotatable bonds is 6. The molecule has 3 aromatic rings. The lowest BCUT2D eigenvalue weighted by Crippen LogP contribution is -2.13. The van der Waals surface area contributed by atoms with Crippen LogP contribution in [-0.2, 0) is 11.2 Å². The van der Waals surface area contributed by atoms with Gasteiger partial charge in [0.2, 0.25) is 5.89 Å². The van der Waals surface area contributed by atoms with Crippen molar-refractivity contribution in [1.29, 1.82) is 0 Å². The summed E-state index contributed by atoms with van der Waals surface area (Å²) in [7, 11) is 0. The molecule has 0 aliphatic heterocycles. The number of aromatic nitrogens is 4. The molecule has 0 bridgehead atoms. The largest absolute Gasteiger partial charge is 0.493 e. The second kappa shape index (κ2) is 7.26. The van der Waals surface area contributed by atoms with Gasteiger partial charge in [-0.05, 0) is 19.1 Å². The fourth-order valence-electron chi connectivity index (χ4n) is 2.04. The molecule has 0 aliphatic rings. The van der Waals surface area contributed by atoms with Crippen LogP contribution in [0.15, 0.2) is 38.4 Å². The van der Waals surface area contributed by atoms with Gasteiger partial charge in [0.15, 0.2) is 5.82 Å². The molecule has 0 spiro atoms. The molecule has 0 fully saturated rings. The lowest BCUT2D eigenvalue weighted by Gasteiger charge is -2.10. The molecular weight excluding hydrogens is 340 g/mol. The van der Waals surface area contributed by atoms with Crippen molar-refractivity contribution in [3.05, 3.63) is 36.0 Å². The van der Waals surface area contributed by atoms with E-state index in [9.17, 15) is 0 Å². The van der Waals surface area contributed by atoms with E-state index >= 15 is 0 Å². The predicted molar refractivity (Wildman–Crippen MR) is 93.5 cm³/mol. The Kier molecular flexibility index (Phi) is 5.08. The fraction of sp³-hybridized carbons (Fsp3) is 0.412. The first-order valence-corrected chi connectivity index (χ1v) is 8.97. The van der Waals surface area contributed by atoms with Crippen LogP contribution in [0.2, 0.25) is 0 Å². The summed E-state index contributed by atoms with van der Waals surface area (Å²) < 4.78 is 16.6. The highest BCUT2D eigenvalue weighted by Gasteiger charge is 2.21. The molecule has 132 valence electrons. The Hall–Kier alpha value is -2.35. The Morgan fingerprint density at radius 3 is 2.68 bits per heavy atom. The summed E-state index contributed by atoms with van der Waals surface area (Å²) in [5.74, 6) is 2.83. The molecule has 2 heterocycles. The third-order valence-corrected chi connectivity index (χ3v) is 4.09. The van der Waals surface area contributed by atoms with Gasteiger partial charge in [-0.2, -0.15) is 4.98 Å². The molecule has 1 aromatic carbocycles. The van der Waals surface area contributed by atoms with Gasteiger partial charge < -0.3 is 13.7 Å². The average Bonchev–Trinajstić information content (AvgIpc) is 3.23. The third-order valence-electron chi connectivity index (χ3n) is 3.28. The van der Waals surface area contributed by atoms with Crippen LogP contribution in [0, 0.1) is 0 Å². The molecular formula is C17H20N4O3S. The zero-order valence-electron chi connectivity index (χ0n) is 14.6. The molecule has 0 aliphatic carbocycles. The normalized spacial score (nSPS) is 11.7. The molecule has 0 saturated carbocycles. The van der Waals surface area contributed by atoms with Gasteiger partial charge in [0.25, 0.3) is 11.1 Å². The van der Waals surface area contributed by atoms with E-state index in [4.69, 9.17) is 13.7 Å². The highest BCUT2D eigenvalue weighted by atomic mass is 32.2. The molecule has 0 radical (unpaired) electrons. The van der Waals surface area contributed by atoms with E-state index in [1.807, 2.05) is 52.0 Å². The van der Waals surface area contributed by atoms with Gasteiger partial charge in [0.1, 0.15) is 5.75 Å². The molecule has 2 aromatic heterocycles. The minimum Gasteiger partial charge on any atom is -0.493 e. The molecule has 25 heavy (non-hydrogen) atoms. The standard InChI is InChI=1S/C17H20N4O3S/c1-5-22-12-9-7-6-8-11(12)14-19-20-16(23-14)25-10-13-18-15(21-24-13)17(2,3)4/h6-9H,5,10H2,1-4H3. The van der Waals surface area contributed by atoms with Crippen molar-refractivity contribution >= 4 is 11.8 Å². The Morgan fingerprint density at radius 1 is 1.16 bits per heavy atom. The monoisotopic (exact) mass is 360 g/mol. The van der Waals surface area contributed by atoms with Crippen LogP contribution >= 0.6 is 11.8 Å². The smallest absolute Gasteiger partial charge is 0.277 e. The maximum absolute atomic E-state index is 5.72. The molecule has 7 nitrogen and oxygen atoms in total. The lowest BCUT2D eigenvalue weighted by atomic mass is 9.96. The number of para-hydroxylation sites is 1. The average molecular weight is 360 g/mol. The highest BCUT2D eigenvalue weighted by Crippen LogP contribution is 2.31. The predicted octanol–water partition coefficient (Wildman–Crippen LogP) is 4.11. The van der Waals surface area contributed by atoms with Crippen LogP contribution in [0.4, 0.5) is 0 Å². The first-order chi connectivity index (χ1) is 12.0. The van der Waals surface area contributed by atoms with Gasteiger partial charge in [0.05, 0.1) is 17.9 Å². The molecule has 0 N–H and O–H groups in total. The second-order valence-corrected chi connectivity index (χ2v) is 7.28. The van der Waals surface area contributed by atoms with E-state index in [-0.39, 0.29) is 5.41 Å². The second-order valence-electron chi connectivity index (χ2n) is 6.35. The van der Waals surface area contributed by atoms with Crippen molar-refractivity contribution in [3.63, 3.8) is 0 Å². The van der Waals surface area contributed by atoms with E-state index in [0.29, 0.717) is 35.2 Å². The van der Waals surface area contributed by atoms with Gasteiger partial charge in [-0.25, -0.2) is 0 Å². The number of thioether (sulfide) groups is 1. The van der Waals surface area contributed by atoms with Gasteiger partial charge in [-0.15, -0.1) is 10.2 Å².